The number of hydrogen-bond donors (Lipinski definition) is 0. The number of halogens is 4. The summed E-state index contributed by atoms with van der Waals surface area (Å²) in [4.78, 5) is 31.2. The Bertz CT molecular complexity index is 1190. The predicted molar refractivity (Wildman–Crippen MR) is 111 cm³/mol. The van der Waals surface area contributed by atoms with Crippen LogP contribution in [0.2, 0.25) is 0 Å². The minimum absolute atomic E-state index is 0.0798. The fourth-order valence-electron chi connectivity index (χ4n) is 4.61. The molecule has 1 saturated carbocycles. The molecule has 6 rings (SSSR count). The van der Waals surface area contributed by atoms with Crippen molar-refractivity contribution in [1.82, 2.24) is 24.8 Å². The third-order valence-electron chi connectivity index (χ3n) is 6.19. The lowest BCUT2D eigenvalue weighted by Crippen LogP contribution is -2.59. The molecule has 3 aliphatic rings. The largest absolute Gasteiger partial charge is 0.472 e. The van der Waals surface area contributed by atoms with E-state index in [-0.39, 0.29) is 35.3 Å². The van der Waals surface area contributed by atoms with Crippen molar-refractivity contribution in [3.05, 3.63) is 66.1 Å². The number of fused-ring (bicyclic) bond motifs is 3. The first-order chi connectivity index (χ1) is 16.3. The van der Waals surface area contributed by atoms with Crippen LogP contribution in [-0.4, -0.2) is 49.4 Å². The first-order valence-corrected chi connectivity index (χ1v) is 10.7. The van der Waals surface area contributed by atoms with Gasteiger partial charge in [0.05, 0.1) is 29.6 Å². The summed E-state index contributed by atoms with van der Waals surface area (Å²) in [6, 6.07) is 5.12. The van der Waals surface area contributed by atoms with Gasteiger partial charge in [0.15, 0.2) is 11.6 Å². The number of piperidine rings is 2. The summed E-state index contributed by atoms with van der Waals surface area (Å²) >= 11 is 0. The minimum atomic E-state index is -4.48. The predicted octanol–water partition coefficient (Wildman–Crippen LogP) is 4.16. The summed E-state index contributed by atoms with van der Waals surface area (Å²) in [5.41, 5.74) is -0.323. The van der Waals surface area contributed by atoms with E-state index in [1.807, 2.05) is 0 Å². The number of pyridine rings is 2. The summed E-state index contributed by atoms with van der Waals surface area (Å²) in [5.74, 6) is -0.474. The summed E-state index contributed by atoms with van der Waals surface area (Å²) < 4.78 is 57.7. The normalized spacial score (nSPS) is 22.0. The second kappa shape index (κ2) is 8.62. The smallest absolute Gasteiger partial charge is 0.417 e. The van der Waals surface area contributed by atoms with Gasteiger partial charge in [-0.15, -0.1) is 0 Å². The van der Waals surface area contributed by atoms with Gasteiger partial charge in [0.1, 0.15) is 11.8 Å². The Morgan fingerprint density at radius 2 is 1.82 bits per heavy atom. The first kappa shape index (κ1) is 22.2. The fourth-order valence-corrected chi connectivity index (χ4v) is 4.61. The van der Waals surface area contributed by atoms with Crippen molar-refractivity contribution in [2.45, 2.75) is 37.6 Å². The molecule has 0 aromatic carbocycles. The van der Waals surface area contributed by atoms with E-state index in [4.69, 9.17) is 4.74 Å². The zero-order valence-corrected chi connectivity index (χ0v) is 17.7. The number of rotatable bonds is 4. The molecule has 2 saturated heterocycles. The van der Waals surface area contributed by atoms with Crippen molar-refractivity contribution in [3.63, 3.8) is 0 Å². The van der Waals surface area contributed by atoms with Crippen LogP contribution in [-0.2, 0) is 6.18 Å². The van der Waals surface area contributed by atoms with Crippen molar-refractivity contribution < 1.29 is 27.1 Å². The molecule has 34 heavy (non-hydrogen) atoms. The average molecular weight is 473 g/mol. The third-order valence-corrected chi connectivity index (χ3v) is 6.19. The molecule has 0 radical (unpaired) electrons. The highest BCUT2D eigenvalue weighted by Gasteiger charge is 2.45. The molecular weight excluding hydrogens is 454 g/mol. The molecule has 5 heterocycles. The third kappa shape index (κ3) is 4.29. The van der Waals surface area contributed by atoms with Gasteiger partial charge in [0, 0.05) is 25.0 Å². The maximum atomic E-state index is 13.5. The van der Waals surface area contributed by atoms with E-state index >= 15 is 0 Å². The molecule has 1 aliphatic carbocycles. The molecule has 3 fully saturated rings. The van der Waals surface area contributed by atoms with E-state index in [2.05, 4.69) is 19.9 Å². The molecule has 0 N–H and O–H groups in total. The second-order valence-corrected chi connectivity index (χ2v) is 8.37. The van der Waals surface area contributed by atoms with E-state index < -0.39 is 23.7 Å². The summed E-state index contributed by atoms with van der Waals surface area (Å²) in [5, 5.41) is 0. The lowest BCUT2D eigenvalue weighted by Gasteiger charge is -2.49. The van der Waals surface area contributed by atoms with Crippen LogP contribution in [0.1, 0.15) is 35.3 Å². The van der Waals surface area contributed by atoms with Crippen LogP contribution in [0.25, 0.3) is 11.4 Å². The molecule has 7 nitrogen and oxygen atoms in total. The summed E-state index contributed by atoms with van der Waals surface area (Å²) in [7, 11) is 0. The zero-order chi connectivity index (χ0) is 23.9. The number of carbonyl (C=O) groups excluding carboxylic acids is 1. The maximum Gasteiger partial charge on any atom is 0.417 e. The molecule has 1 amide bonds. The quantitative estimate of drug-likeness (QED) is 0.530. The number of ether oxygens (including phenoxy) is 1. The first-order valence-electron chi connectivity index (χ1n) is 10.7. The van der Waals surface area contributed by atoms with E-state index in [0.717, 1.165) is 31.1 Å². The van der Waals surface area contributed by atoms with Gasteiger partial charge in [-0.25, -0.2) is 19.3 Å². The van der Waals surface area contributed by atoms with Crippen molar-refractivity contribution >= 4 is 5.91 Å². The lowest BCUT2D eigenvalue weighted by molar-refractivity contribution is -0.137. The Kier molecular flexibility index (Phi) is 5.62. The Balaban J connectivity index is 1.38. The van der Waals surface area contributed by atoms with Gasteiger partial charge in [-0.3, -0.25) is 9.78 Å². The molecule has 2 aliphatic heterocycles. The minimum Gasteiger partial charge on any atom is -0.472 e. The van der Waals surface area contributed by atoms with Crippen molar-refractivity contribution in [1.29, 1.82) is 0 Å². The number of aromatic nitrogens is 4. The van der Waals surface area contributed by atoms with Gasteiger partial charge in [-0.1, -0.05) is 0 Å². The standard InChI is InChI=1S/C23H19F4N5O2/c24-15-10-30-21(31-11-15)16-2-1-7-28-20(16)22(33)32-12-13-3-5-17(32)18(8-13)34-19-6-4-14(9-29-19)23(25,26)27/h1-2,4,6-7,9-11,13,17-18H,3,5,8,12H2/t13-,17-,18+/m0/s1. The van der Waals surface area contributed by atoms with E-state index in [0.29, 0.717) is 24.9 Å². The van der Waals surface area contributed by atoms with Gasteiger partial charge in [-0.2, -0.15) is 13.2 Å². The topological polar surface area (TPSA) is 81.1 Å². The van der Waals surface area contributed by atoms with E-state index in [1.54, 1.807) is 17.0 Å². The van der Waals surface area contributed by atoms with Crippen LogP contribution in [0.5, 0.6) is 5.88 Å². The van der Waals surface area contributed by atoms with Gasteiger partial charge in [0.25, 0.3) is 5.91 Å². The summed E-state index contributed by atoms with van der Waals surface area (Å²) in [6.07, 6.45) is 1.67. The molecule has 11 heteroatoms. The van der Waals surface area contributed by atoms with Gasteiger partial charge < -0.3 is 9.64 Å². The Labute approximate surface area is 191 Å². The summed E-state index contributed by atoms with van der Waals surface area (Å²) in [6.45, 7) is 0.518. The number of alkyl halides is 3. The molecule has 176 valence electrons. The zero-order valence-electron chi connectivity index (χ0n) is 17.7. The molecular formula is C23H19F4N5O2. The SMILES string of the molecule is O=C(c1ncccc1-c1ncc(F)cn1)N1C[C@H]2CC[C@H]1[C@H](Oc1ccc(C(F)(F)F)cn1)C2. The molecule has 3 aromatic heterocycles. The second-order valence-electron chi connectivity index (χ2n) is 8.37. The van der Waals surface area contributed by atoms with Gasteiger partial charge in [-0.05, 0) is 43.4 Å². The van der Waals surface area contributed by atoms with E-state index in [9.17, 15) is 22.4 Å². The number of carbonyl (C=O) groups is 1. The molecule has 0 unspecified atom stereocenters. The van der Waals surface area contributed by atoms with Crippen molar-refractivity contribution in [3.8, 4) is 17.3 Å². The van der Waals surface area contributed by atoms with E-state index in [1.165, 1.54) is 12.3 Å². The highest BCUT2D eigenvalue weighted by Crippen LogP contribution is 2.38. The Morgan fingerprint density at radius 1 is 1.03 bits per heavy atom. The fraction of sp³-hybridized carbons (Fsp3) is 0.348. The lowest BCUT2D eigenvalue weighted by atomic mass is 9.77. The highest BCUT2D eigenvalue weighted by atomic mass is 19.4. The Hall–Kier alpha value is -3.63. The van der Waals surface area contributed by atoms with Crippen molar-refractivity contribution in [2.24, 2.45) is 5.92 Å². The highest BCUT2D eigenvalue weighted by molar-refractivity contribution is 5.98. The molecule has 3 atom stereocenters. The van der Waals surface area contributed by atoms with Gasteiger partial charge in [0.2, 0.25) is 5.88 Å². The number of hydrogen-bond acceptors (Lipinski definition) is 6. The average Bonchev–Trinajstić information content (AvgIpc) is 2.84. The Morgan fingerprint density at radius 3 is 2.50 bits per heavy atom. The monoisotopic (exact) mass is 473 g/mol. The van der Waals surface area contributed by atoms with Gasteiger partial charge >= 0.3 is 6.18 Å². The van der Waals surface area contributed by atoms with Crippen LogP contribution >= 0.6 is 0 Å². The van der Waals surface area contributed by atoms with Crippen LogP contribution < -0.4 is 4.74 Å². The van der Waals surface area contributed by atoms with Crippen molar-refractivity contribution in [2.75, 3.05) is 6.54 Å². The van der Waals surface area contributed by atoms with Crippen LogP contribution in [0.3, 0.4) is 0 Å². The maximum absolute atomic E-state index is 13.5. The molecule has 0 spiro atoms. The van der Waals surface area contributed by atoms with Crippen LogP contribution in [0.4, 0.5) is 17.6 Å². The molecule has 2 bridgehead atoms. The molecule has 3 aromatic rings. The van der Waals surface area contributed by atoms with Crippen LogP contribution in [0, 0.1) is 11.7 Å². The van der Waals surface area contributed by atoms with Crippen LogP contribution in [0.15, 0.2) is 49.1 Å². The number of amides is 1. The number of nitrogens with zero attached hydrogens (tertiary/aromatic N) is 5.